The van der Waals surface area contributed by atoms with Crippen molar-refractivity contribution in [1.82, 2.24) is 14.7 Å². The summed E-state index contributed by atoms with van der Waals surface area (Å²) in [6.07, 6.45) is 8.15. The lowest BCUT2D eigenvalue weighted by atomic mass is 9.90. The van der Waals surface area contributed by atoms with Gasteiger partial charge in [-0.15, -0.1) is 0 Å². The normalized spacial score (nSPS) is 41.7. The van der Waals surface area contributed by atoms with Gasteiger partial charge in [-0.05, 0) is 64.5 Å². The van der Waals surface area contributed by atoms with Crippen molar-refractivity contribution in [3.8, 4) is 0 Å². The quantitative estimate of drug-likeness (QED) is 0.695. The van der Waals surface area contributed by atoms with Crippen molar-refractivity contribution in [2.24, 2.45) is 17.8 Å². The number of piperazine rings is 1. The first kappa shape index (κ1) is 22.0. The summed E-state index contributed by atoms with van der Waals surface area (Å²) in [6, 6.07) is 0.136. The lowest BCUT2D eigenvalue weighted by molar-refractivity contribution is -0.194. The van der Waals surface area contributed by atoms with E-state index in [0.29, 0.717) is 11.8 Å². The number of likely N-dealkylation sites (tertiary alicyclic amines) is 1. The minimum Gasteiger partial charge on any atom is -0.393 e. The van der Waals surface area contributed by atoms with Crippen LogP contribution in [0.5, 0.6) is 0 Å². The van der Waals surface area contributed by atoms with Crippen molar-refractivity contribution in [2.45, 2.75) is 75.8 Å². The van der Waals surface area contributed by atoms with E-state index in [-0.39, 0.29) is 24.0 Å². The standard InChI is InChI=1S/C23H43N3O3/c1-23(29-15-17-7-5-4-6-8-17)16-24(2)21(13-25(23)3)22(28)14-26-11-18-9-20(27)10-19(18)12-26/h17-22,27-28H,4-16H2,1-3H3. The molecule has 2 aliphatic heterocycles. The van der Waals surface area contributed by atoms with Crippen LogP contribution in [-0.4, -0.2) is 102 Å². The molecule has 4 fully saturated rings. The molecule has 4 rings (SSSR count). The van der Waals surface area contributed by atoms with E-state index in [1.54, 1.807) is 0 Å². The van der Waals surface area contributed by atoms with Crippen molar-refractivity contribution < 1.29 is 14.9 Å². The smallest absolute Gasteiger partial charge is 0.131 e. The van der Waals surface area contributed by atoms with Crippen LogP contribution in [-0.2, 0) is 4.74 Å². The Kier molecular flexibility index (Phi) is 6.89. The average molecular weight is 410 g/mol. The molecule has 2 saturated heterocycles. The number of hydrogen-bond donors (Lipinski definition) is 2. The van der Waals surface area contributed by atoms with Gasteiger partial charge in [-0.2, -0.15) is 0 Å². The van der Waals surface area contributed by atoms with Gasteiger partial charge in [0.25, 0.3) is 0 Å². The summed E-state index contributed by atoms with van der Waals surface area (Å²) in [5.74, 6) is 1.97. The molecule has 0 aromatic carbocycles. The predicted molar refractivity (Wildman–Crippen MR) is 115 cm³/mol. The van der Waals surface area contributed by atoms with Gasteiger partial charge in [0.15, 0.2) is 0 Å². The SMILES string of the molecule is CN1CC(C)(OCC2CCCCC2)N(C)CC1C(O)CN1CC2CC(O)CC2C1. The first-order chi connectivity index (χ1) is 13.8. The second kappa shape index (κ2) is 9.09. The Balaban J connectivity index is 1.26. The lowest BCUT2D eigenvalue weighted by Gasteiger charge is -2.51. The van der Waals surface area contributed by atoms with Crippen LogP contribution < -0.4 is 0 Å². The molecule has 6 heteroatoms. The van der Waals surface area contributed by atoms with Crippen LogP contribution in [0, 0.1) is 17.8 Å². The molecule has 0 radical (unpaired) electrons. The van der Waals surface area contributed by atoms with Crippen LogP contribution in [0.2, 0.25) is 0 Å². The van der Waals surface area contributed by atoms with Gasteiger partial charge in [-0.1, -0.05) is 19.3 Å². The molecule has 2 saturated carbocycles. The molecule has 2 aliphatic carbocycles. The van der Waals surface area contributed by atoms with Crippen LogP contribution in [0.25, 0.3) is 0 Å². The molecule has 0 aromatic rings. The number of hydrogen-bond acceptors (Lipinski definition) is 6. The summed E-state index contributed by atoms with van der Waals surface area (Å²) in [5.41, 5.74) is -0.275. The van der Waals surface area contributed by atoms with Crippen LogP contribution >= 0.6 is 0 Å². The van der Waals surface area contributed by atoms with E-state index in [0.717, 1.165) is 58.1 Å². The van der Waals surface area contributed by atoms with Gasteiger partial charge in [0.05, 0.1) is 18.8 Å². The molecule has 168 valence electrons. The Morgan fingerprint density at radius 1 is 1.03 bits per heavy atom. The Morgan fingerprint density at radius 2 is 1.69 bits per heavy atom. The van der Waals surface area contributed by atoms with Gasteiger partial charge in [0.1, 0.15) is 5.72 Å². The van der Waals surface area contributed by atoms with Crippen molar-refractivity contribution in [3.63, 3.8) is 0 Å². The van der Waals surface area contributed by atoms with Gasteiger partial charge in [0.2, 0.25) is 0 Å². The predicted octanol–water partition coefficient (Wildman–Crippen LogP) is 1.61. The highest BCUT2D eigenvalue weighted by molar-refractivity contribution is 4.96. The molecule has 0 spiro atoms. The average Bonchev–Trinajstić information content (AvgIpc) is 3.20. The minimum absolute atomic E-state index is 0.0958. The summed E-state index contributed by atoms with van der Waals surface area (Å²) in [4.78, 5) is 7.05. The zero-order valence-corrected chi connectivity index (χ0v) is 18.8. The highest BCUT2D eigenvalue weighted by Crippen LogP contribution is 2.38. The summed E-state index contributed by atoms with van der Waals surface area (Å²) in [5, 5.41) is 20.9. The van der Waals surface area contributed by atoms with Gasteiger partial charge < -0.3 is 19.8 Å². The van der Waals surface area contributed by atoms with Gasteiger partial charge >= 0.3 is 0 Å². The Bertz CT molecular complexity index is 529. The summed E-state index contributed by atoms with van der Waals surface area (Å²) in [6.45, 7) is 7.55. The van der Waals surface area contributed by atoms with E-state index in [9.17, 15) is 10.2 Å². The summed E-state index contributed by atoms with van der Waals surface area (Å²) in [7, 11) is 4.29. The number of fused-ring (bicyclic) bond motifs is 1. The number of likely N-dealkylation sites (N-methyl/N-ethyl adjacent to an activating group) is 2. The number of rotatable bonds is 6. The molecule has 4 aliphatic rings. The molecular weight excluding hydrogens is 366 g/mol. The Labute approximate surface area is 177 Å². The fourth-order valence-electron chi connectivity index (χ4n) is 6.44. The maximum absolute atomic E-state index is 11.0. The highest BCUT2D eigenvalue weighted by Gasteiger charge is 2.44. The second-order valence-corrected chi connectivity index (χ2v) is 10.8. The van der Waals surface area contributed by atoms with E-state index < -0.39 is 0 Å². The van der Waals surface area contributed by atoms with Gasteiger partial charge in [0, 0.05) is 38.8 Å². The number of aliphatic hydroxyl groups is 2. The highest BCUT2D eigenvalue weighted by atomic mass is 16.5. The fraction of sp³-hybridized carbons (Fsp3) is 1.00. The number of aliphatic hydroxyl groups excluding tert-OH is 2. The van der Waals surface area contributed by atoms with Crippen LogP contribution in [0.1, 0.15) is 51.9 Å². The zero-order valence-electron chi connectivity index (χ0n) is 18.8. The van der Waals surface area contributed by atoms with Gasteiger partial charge in [-0.3, -0.25) is 9.80 Å². The second-order valence-electron chi connectivity index (χ2n) is 10.8. The third kappa shape index (κ3) is 4.99. The minimum atomic E-state index is -0.353. The summed E-state index contributed by atoms with van der Waals surface area (Å²) >= 11 is 0. The van der Waals surface area contributed by atoms with Crippen LogP contribution in [0.3, 0.4) is 0 Å². The van der Waals surface area contributed by atoms with Crippen molar-refractivity contribution >= 4 is 0 Å². The Morgan fingerprint density at radius 3 is 2.34 bits per heavy atom. The molecule has 0 amide bonds. The third-order valence-electron chi connectivity index (χ3n) is 8.42. The van der Waals surface area contributed by atoms with Crippen LogP contribution in [0.15, 0.2) is 0 Å². The van der Waals surface area contributed by atoms with Crippen molar-refractivity contribution in [3.05, 3.63) is 0 Å². The number of β-amino-alcohol motifs (C(OH)–C–C–N with tert-alkyl or cyclic N) is 1. The maximum atomic E-state index is 11.0. The molecule has 5 unspecified atom stereocenters. The van der Waals surface area contributed by atoms with Crippen molar-refractivity contribution in [2.75, 3.05) is 53.4 Å². The largest absolute Gasteiger partial charge is 0.393 e. The van der Waals surface area contributed by atoms with E-state index in [4.69, 9.17) is 4.74 Å². The van der Waals surface area contributed by atoms with Crippen LogP contribution in [0.4, 0.5) is 0 Å². The van der Waals surface area contributed by atoms with E-state index in [2.05, 4.69) is 35.7 Å². The molecule has 2 N–H and O–H groups in total. The topological polar surface area (TPSA) is 59.4 Å². The first-order valence-corrected chi connectivity index (χ1v) is 12.0. The van der Waals surface area contributed by atoms with Crippen molar-refractivity contribution in [1.29, 1.82) is 0 Å². The van der Waals surface area contributed by atoms with Gasteiger partial charge in [-0.25, -0.2) is 0 Å². The zero-order chi connectivity index (χ0) is 20.6. The number of nitrogens with zero attached hydrogens (tertiary/aromatic N) is 3. The molecule has 5 atom stereocenters. The number of ether oxygens (including phenoxy) is 1. The molecule has 2 heterocycles. The monoisotopic (exact) mass is 409 g/mol. The van der Waals surface area contributed by atoms with E-state index >= 15 is 0 Å². The third-order valence-corrected chi connectivity index (χ3v) is 8.42. The molecule has 0 aromatic heterocycles. The summed E-state index contributed by atoms with van der Waals surface area (Å²) < 4.78 is 6.48. The van der Waals surface area contributed by atoms with E-state index in [1.807, 2.05) is 0 Å². The molecule has 6 nitrogen and oxygen atoms in total. The Hall–Kier alpha value is -0.240. The molecule has 0 bridgehead atoms. The fourth-order valence-corrected chi connectivity index (χ4v) is 6.44. The first-order valence-electron chi connectivity index (χ1n) is 12.0. The molecular formula is C23H43N3O3. The lowest BCUT2D eigenvalue weighted by Crippen LogP contribution is -2.66. The van der Waals surface area contributed by atoms with E-state index in [1.165, 1.54) is 32.1 Å². The molecule has 29 heavy (non-hydrogen) atoms. The maximum Gasteiger partial charge on any atom is 0.131 e.